The molecule has 1 fully saturated rings. The molecule has 0 N–H and O–H groups in total. The Morgan fingerprint density at radius 3 is 2.65 bits per heavy atom. The maximum Gasteiger partial charge on any atom is 0.214 e. The van der Waals surface area contributed by atoms with Crippen LogP contribution in [0.1, 0.15) is 39.5 Å². The Kier molecular flexibility index (Phi) is 5.89. The molecule has 0 aliphatic carbocycles. The molecule has 1 aliphatic rings. The van der Waals surface area contributed by atoms with E-state index in [1.807, 2.05) is 6.92 Å². The molecule has 1 heterocycles. The lowest BCUT2D eigenvalue weighted by atomic mass is 9.94. The summed E-state index contributed by atoms with van der Waals surface area (Å²) < 4.78 is 31.0. The summed E-state index contributed by atoms with van der Waals surface area (Å²) in [4.78, 5) is 0. The molecular weight excluding hydrogens is 238 g/mol. The van der Waals surface area contributed by atoms with Crippen LogP contribution in [0.25, 0.3) is 0 Å². The lowest BCUT2D eigenvalue weighted by Gasteiger charge is -2.36. The average molecular weight is 263 g/mol. The Balaban J connectivity index is 2.51. The Labute approximate surface area is 105 Å². The van der Waals surface area contributed by atoms with Crippen molar-refractivity contribution < 1.29 is 13.2 Å². The number of hydrogen-bond donors (Lipinski definition) is 0. The Morgan fingerprint density at radius 1 is 1.29 bits per heavy atom. The molecule has 0 spiro atoms. The predicted octanol–water partition coefficient (Wildman–Crippen LogP) is 1.86. The standard InChI is InChI=1S/C12H25NO3S/c1-11-7-6-8-13(12(11)2)17(14,15)10-5-4-9-16-3/h11-12H,4-10H2,1-3H3/t11-,12+/m0/s1. The van der Waals surface area contributed by atoms with Crippen LogP contribution in [-0.4, -0.2) is 44.8 Å². The minimum Gasteiger partial charge on any atom is -0.385 e. The third kappa shape index (κ3) is 4.23. The average Bonchev–Trinajstić information content (AvgIpc) is 2.28. The van der Waals surface area contributed by atoms with Crippen molar-refractivity contribution in [3.63, 3.8) is 0 Å². The van der Waals surface area contributed by atoms with Crippen LogP contribution in [0, 0.1) is 5.92 Å². The van der Waals surface area contributed by atoms with Gasteiger partial charge in [-0.15, -0.1) is 0 Å². The van der Waals surface area contributed by atoms with E-state index < -0.39 is 10.0 Å². The predicted molar refractivity (Wildman–Crippen MR) is 69.5 cm³/mol. The van der Waals surface area contributed by atoms with Gasteiger partial charge in [-0.25, -0.2) is 8.42 Å². The summed E-state index contributed by atoms with van der Waals surface area (Å²) in [5, 5.41) is 0. The second kappa shape index (κ2) is 6.71. The fourth-order valence-electron chi connectivity index (χ4n) is 2.34. The van der Waals surface area contributed by atoms with Crippen LogP contribution in [0.3, 0.4) is 0 Å². The first kappa shape index (κ1) is 14.9. The first-order valence-electron chi connectivity index (χ1n) is 6.47. The van der Waals surface area contributed by atoms with Crippen molar-refractivity contribution in [2.45, 2.75) is 45.6 Å². The molecule has 2 atom stereocenters. The van der Waals surface area contributed by atoms with E-state index in [1.165, 1.54) is 0 Å². The number of ether oxygens (including phenoxy) is 1. The van der Waals surface area contributed by atoms with Crippen molar-refractivity contribution in [3.05, 3.63) is 0 Å². The zero-order valence-electron chi connectivity index (χ0n) is 11.2. The van der Waals surface area contributed by atoms with Crippen molar-refractivity contribution in [3.8, 4) is 0 Å². The Hall–Kier alpha value is -0.130. The van der Waals surface area contributed by atoms with Crippen LogP contribution in [0.15, 0.2) is 0 Å². The molecule has 0 aromatic carbocycles. The summed E-state index contributed by atoms with van der Waals surface area (Å²) in [7, 11) is -1.43. The first-order chi connectivity index (χ1) is 7.99. The highest BCUT2D eigenvalue weighted by molar-refractivity contribution is 7.89. The number of sulfonamides is 1. The van der Waals surface area contributed by atoms with E-state index in [1.54, 1.807) is 11.4 Å². The van der Waals surface area contributed by atoms with Crippen LogP contribution in [0.2, 0.25) is 0 Å². The Bertz CT molecular complexity index is 316. The molecule has 5 heteroatoms. The minimum atomic E-state index is -3.07. The maximum atomic E-state index is 12.2. The van der Waals surface area contributed by atoms with Crippen molar-refractivity contribution in [2.75, 3.05) is 26.0 Å². The SMILES string of the molecule is COCCCCS(=O)(=O)N1CCC[C@H](C)[C@H]1C. The fourth-order valence-corrected chi connectivity index (χ4v) is 4.26. The van der Waals surface area contributed by atoms with E-state index in [0.717, 1.165) is 19.3 Å². The van der Waals surface area contributed by atoms with E-state index >= 15 is 0 Å². The van der Waals surface area contributed by atoms with Crippen LogP contribution in [0.5, 0.6) is 0 Å². The van der Waals surface area contributed by atoms with Crippen molar-refractivity contribution >= 4 is 10.0 Å². The normalized spacial score (nSPS) is 27.2. The largest absolute Gasteiger partial charge is 0.385 e. The van der Waals surface area contributed by atoms with Gasteiger partial charge in [-0.1, -0.05) is 6.92 Å². The van der Waals surface area contributed by atoms with Gasteiger partial charge in [-0.05, 0) is 38.5 Å². The summed E-state index contributed by atoms with van der Waals surface area (Å²) in [5.41, 5.74) is 0. The molecule has 17 heavy (non-hydrogen) atoms. The summed E-state index contributed by atoms with van der Waals surface area (Å²) in [6.45, 7) is 5.49. The number of hydrogen-bond acceptors (Lipinski definition) is 3. The lowest BCUT2D eigenvalue weighted by Crippen LogP contribution is -2.46. The van der Waals surface area contributed by atoms with Gasteiger partial charge in [0, 0.05) is 26.3 Å². The molecule has 1 aliphatic heterocycles. The molecule has 1 saturated heterocycles. The molecule has 0 unspecified atom stereocenters. The molecule has 0 radical (unpaired) electrons. The second-order valence-electron chi connectivity index (χ2n) is 4.99. The molecule has 0 saturated carbocycles. The highest BCUT2D eigenvalue weighted by Gasteiger charge is 2.32. The molecule has 1 rings (SSSR count). The van der Waals surface area contributed by atoms with E-state index in [4.69, 9.17) is 4.74 Å². The topological polar surface area (TPSA) is 46.6 Å². The van der Waals surface area contributed by atoms with Gasteiger partial charge in [0.15, 0.2) is 0 Å². The third-order valence-electron chi connectivity index (χ3n) is 3.67. The van der Waals surface area contributed by atoms with Gasteiger partial charge in [-0.2, -0.15) is 4.31 Å². The highest BCUT2D eigenvalue weighted by atomic mass is 32.2. The molecule has 4 nitrogen and oxygen atoms in total. The summed E-state index contributed by atoms with van der Waals surface area (Å²) in [5.74, 6) is 0.727. The monoisotopic (exact) mass is 263 g/mol. The smallest absolute Gasteiger partial charge is 0.214 e. The lowest BCUT2D eigenvalue weighted by molar-refractivity contribution is 0.192. The molecule has 0 aromatic rings. The minimum absolute atomic E-state index is 0.149. The second-order valence-corrected chi connectivity index (χ2v) is 7.03. The number of rotatable bonds is 6. The van der Waals surface area contributed by atoms with Crippen LogP contribution < -0.4 is 0 Å². The van der Waals surface area contributed by atoms with Gasteiger partial charge >= 0.3 is 0 Å². The number of unbranched alkanes of at least 4 members (excludes halogenated alkanes) is 1. The van der Waals surface area contributed by atoms with E-state index in [9.17, 15) is 8.42 Å². The van der Waals surface area contributed by atoms with Crippen LogP contribution in [-0.2, 0) is 14.8 Å². The van der Waals surface area contributed by atoms with Gasteiger partial charge in [0.1, 0.15) is 0 Å². The fraction of sp³-hybridized carbons (Fsp3) is 1.00. The van der Waals surface area contributed by atoms with Gasteiger partial charge in [0.05, 0.1) is 5.75 Å². The van der Waals surface area contributed by atoms with Crippen molar-refractivity contribution in [1.82, 2.24) is 4.31 Å². The van der Waals surface area contributed by atoms with Gasteiger partial charge in [-0.3, -0.25) is 0 Å². The highest BCUT2D eigenvalue weighted by Crippen LogP contribution is 2.25. The van der Waals surface area contributed by atoms with Gasteiger partial charge < -0.3 is 4.74 Å². The van der Waals surface area contributed by atoms with Crippen LogP contribution >= 0.6 is 0 Å². The number of nitrogens with zero attached hydrogens (tertiary/aromatic N) is 1. The zero-order valence-corrected chi connectivity index (χ0v) is 12.0. The van der Waals surface area contributed by atoms with E-state index in [2.05, 4.69) is 6.92 Å². The summed E-state index contributed by atoms with van der Waals surface area (Å²) in [6.07, 6.45) is 3.63. The first-order valence-corrected chi connectivity index (χ1v) is 8.08. The van der Waals surface area contributed by atoms with Gasteiger partial charge in [0.25, 0.3) is 0 Å². The summed E-state index contributed by atoms with van der Waals surface area (Å²) in [6, 6.07) is 0.149. The molecule has 0 aromatic heterocycles. The number of piperidine rings is 1. The quantitative estimate of drug-likeness (QED) is 0.687. The van der Waals surface area contributed by atoms with E-state index in [0.29, 0.717) is 25.5 Å². The van der Waals surface area contributed by atoms with E-state index in [-0.39, 0.29) is 11.8 Å². The molecular formula is C12H25NO3S. The van der Waals surface area contributed by atoms with Gasteiger partial charge in [0.2, 0.25) is 10.0 Å². The Morgan fingerprint density at radius 2 is 2.00 bits per heavy atom. The van der Waals surface area contributed by atoms with Crippen molar-refractivity contribution in [1.29, 1.82) is 0 Å². The molecule has 102 valence electrons. The molecule has 0 amide bonds. The summed E-state index contributed by atoms with van der Waals surface area (Å²) >= 11 is 0. The number of methoxy groups -OCH3 is 1. The third-order valence-corrected chi connectivity index (χ3v) is 5.71. The molecule has 0 bridgehead atoms. The van der Waals surface area contributed by atoms with Crippen molar-refractivity contribution in [2.24, 2.45) is 5.92 Å². The maximum absolute atomic E-state index is 12.2. The van der Waals surface area contributed by atoms with Crippen LogP contribution in [0.4, 0.5) is 0 Å². The zero-order chi connectivity index (χ0) is 12.9.